The average molecular weight is 547 g/mol. The molecule has 0 spiro atoms. The number of amides is 2. The van der Waals surface area contributed by atoms with Crippen molar-refractivity contribution in [1.82, 2.24) is 23.9 Å². The van der Waals surface area contributed by atoms with Gasteiger partial charge in [0.25, 0.3) is 0 Å². The second-order valence-corrected chi connectivity index (χ2v) is 10.3. The smallest absolute Gasteiger partial charge is 0.404 e. The third-order valence-corrected chi connectivity index (χ3v) is 7.33. The number of nitrogens with two attached hydrogens (primary N) is 1. The van der Waals surface area contributed by atoms with Crippen molar-refractivity contribution >= 4 is 40.2 Å². The summed E-state index contributed by atoms with van der Waals surface area (Å²) in [6, 6.07) is 8.09. The molecule has 0 atom stereocenters. The molecule has 4 N–H and O–H groups in total. The van der Waals surface area contributed by atoms with E-state index in [2.05, 4.69) is 31.2 Å². The molecule has 2 aliphatic carbocycles. The molecule has 2 saturated carbocycles. The van der Waals surface area contributed by atoms with Crippen LogP contribution in [0.5, 0.6) is 0 Å². The van der Waals surface area contributed by atoms with Crippen molar-refractivity contribution < 1.29 is 14.3 Å². The first-order valence-corrected chi connectivity index (χ1v) is 13.4. The number of ether oxygens (including phenoxy) is 1. The summed E-state index contributed by atoms with van der Waals surface area (Å²) in [6.45, 7) is 0. The van der Waals surface area contributed by atoms with Crippen LogP contribution in [0, 0.1) is 5.92 Å². The number of benzene rings is 1. The number of nitrogens with zero attached hydrogens (tertiary/aromatic N) is 5. The van der Waals surface area contributed by atoms with E-state index in [-0.39, 0.29) is 23.6 Å². The van der Waals surface area contributed by atoms with Gasteiger partial charge in [0, 0.05) is 55.3 Å². The number of hydrogen-bond acceptors (Lipinski definition) is 7. The molecule has 1 aromatic carbocycles. The number of aromatic nitrogens is 5. The van der Waals surface area contributed by atoms with E-state index in [0.717, 1.165) is 72.1 Å². The van der Waals surface area contributed by atoms with Gasteiger partial charge >= 0.3 is 11.8 Å². The van der Waals surface area contributed by atoms with Gasteiger partial charge < -0.3 is 21.1 Å². The Balaban J connectivity index is 0.000000595. The Hall–Kier alpha value is -4.61. The number of anilines is 3. The van der Waals surface area contributed by atoms with Crippen molar-refractivity contribution in [2.24, 2.45) is 25.7 Å². The summed E-state index contributed by atoms with van der Waals surface area (Å²) in [6.07, 6.45) is 11.0. The molecule has 0 bridgehead atoms. The first-order chi connectivity index (χ1) is 19.2. The fraction of sp³-hybridized carbons (Fsp3) is 0.393. The molecule has 2 fully saturated rings. The molecule has 40 heavy (non-hydrogen) atoms. The highest BCUT2D eigenvalue weighted by molar-refractivity contribution is 5.95. The largest absolute Gasteiger partial charge is 0.453 e. The Morgan fingerprint density at radius 3 is 2.30 bits per heavy atom. The summed E-state index contributed by atoms with van der Waals surface area (Å²) in [5, 5.41) is 10.8. The van der Waals surface area contributed by atoms with Gasteiger partial charge in [-0.05, 0) is 49.4 Å². The second-order valence-electron chi connectivity index (χ2n) is 10.3. The summed E-state index contributed by atoms with van der Waals surface area (Å²) in [5.74, 6) is 0.823. The lowest BCUT2D eigenvalue weighted by Crippen LogP contribution is -2.24. The third-order valence-electron chi connectivity index (χ3n) is 7.33. The van der Waals surface area contributed by atoms with Crippen LogP contribution in [0.15, 0.2) is 47.7 Å². The Morgan fingerprint density at radius 2 is 1.68 bits per heavy atom. The molecule has 4 aromatic rings. The molecule has 210 valence electrons. The van der Waals surface area contributed by atoms with Crippen LogP contribution in [0.3, 0.4) is 0 Å². The highest BCUT2D eigenvalue weighted by Crippen LogP contribution is 2.34. The topological polar surface area (TPSA) is 151 Å². The van der Waals surface area contributed by atoms with Crippen LogP contribution in [-0.2, 0) is 23.6 Å². The van der Waals surface area contributed by atoms with Gasteiger partial charge in [-0.25, -0.2) is 14.6 Å². The van der Waals surface area contributed by atoms with Crippen LogP contribution in [0.4, 0.5) is 22.0 Å². The second kappa shape index (κ2) is 11.2. The molecule has 0 radical (unpaired) electrons. The highest BCUT2D eigenvalue weighted by Gasteiger charge is 2.29. The van der Waals surface area contributed by atoms with Gasteiger partial charge in [-0.1, -0.05) is 12.8 Å². The minimum atomic E-state index is -0.745. The average Bonchev–Trinajstić information content (AvgIpc) is 3.38. The van der Waals surface area contributed by atoms with E-state index < -0.39 is 6.09 Å². The number of imidazole rings is 1. The maximum Gasteiger partial charge on any atom is 0.404 e. The predicted octanol–water partition coefficient (Wildman–Crippen LogP) is 4.05. The first kappa shape index (κ1) is 27.0. The van der Waals surface area contributed by atoms with Gasteiger partial charge in [0.1, 0.15) is 5.82 Å². The standard InChI is InChI=1S/C26H29N7O2.C2H5NO2/c1-31-15-18(13-28-31)17-9-19(11-20(10-17)30-25(34)16-7-8-16)29-24-12-22-23(14-27-24)32(2)26(35)33(22)21-5-3-4-6-21;1-5-2(3)4/h9-16,21H,3-8H2,1-2H3,(H,27,29)(H,30,34);1H3,(H2,3,4). The lowest BCUT2D eigenvalue weighted by molar-refractivity contribution is -0.117. The summed E-state index contributed by atoms with van der Waals surface area (Å²) < 4.78 is 9.26. The summed E-state index contributed by atoms with van der Waals surface area (Å²) >= 11 is 0. The monoisotopic (exact) mass is 546 g/mol. The third kappa shape index (κ3) is 5.85. The molecule has 12 nitrogen and oxygen atoms in total. The van der Waals surface area contributed by atoms with Crippen molar-refractivity contribution in [3.05, 3.63) is 53.3 Å². The number of nitrogens with one attached hydrogen (secondary N) is 2. The Bertz CT molecular complexity index is 1610. The fourth-order valence-electron chi connectivity index (χ4n) is 5.09. The number of primary amides is 1. The lowest BCUT2D eigenvalue weighted by atomic mass is 10.1. The SMILES string of the molecule is COC(N)=O.Cn1cc(-c2cc(NC(=O)C3CC3)cc(Nc3cc4c(cn3)n(C)c(=O)n4C3CCCC3)c2)cn1. The number of fused-ring (bicyclic) bond motifs is 1. The molecule has 3 aromatic heterocycles. The zero-order valence-electron chi connectivity index (χ0n) is 22.9. The molecule has 6 rings (SSSR count). The number of pyridine rings is 1. The summed E-state index contributed by atoms with van der Waals surface area (Å²) in [5.41, 5.74) is 9.60. The number of methoxy groups -OCH3 is 1. The van der Waals surface area contributed by atoms with Crippen LogP contribution >= 0.6 is 0 Å². The minimum Gasteiger partial charge on any atom is -0.453 e. The first-order valence-electron chi connectivity index (χ1n) is 13.4. The molecular weight excluding hydrogens is 512 g/mol. The predicted molar refractivity (Wildman–Crippen MR) is 152 cm³/mol. The van der Waals surface area contributed by atoms with Crippen molar-refractivity contribution in [3.8, 4) is 11.1 Å². The fourth-order valence-corrected chi connectivity index (χ4v) is 5.09. The van der Waals surface area contributed by atoms with Crippen molar-refractivity contribution in [1.29, 1.82) is 0 Å². The zero-order valence-corrected chi connectivity index (χ0v) is 22.9. The van der Waals surface area contributed by atoms with E-state index >= 15 is 0 Å². The van der Waals surface area contributed by atoms with Crippen molar-refractivity contribution in [2.75, 3.05) is 17.7 Å². The van der Waals surface area contributed by atoms with Gasteiger partial charge in [0.2, 0.25) is 5.91 Å². The van der Waals surface area contributed by atoms with E-state index in [4.69, 9.17) is 0 Å². The van der Waals surface area contributed by atoms with Crippen molar-refractivity contribution in [3.63, 3.8) is 0 Å². The van der Waals surface area contributed by atoms with E-state index in [1.54, 1.807) is 28.7 Å². The molecule has 0 aliphatic heterocycles. The maximum absolute atomic E-state index is 13.0. The molecule has 2 aliphatic rings. The molecule has 3 heterocycles. The maximum atomic E-state index is 13.0. The number of aryl methyl sites for hydroxylation is 2. The zero-order chi connectivity index (χ0) is 28.4. The Kier molecular flexibility index (Phi) is 7.58. The molecule has 2 amide bonds. The highest BCUT2D eigenvalue weighted by atomic mass is 16.5. The van der Waals surface area contributed by atoms with Crippen LogP contribution in [-0.4, -0.2) is 43.0 Å². The van der Waals surface area contributed by atoms with Crippen LogP contribution in [0.25, 0.3) is 22.2 Å². The molecular formula is C28H34N8O4. The molecule has 12 heteroatoms. The normalized spacial score (nSPS) is 15.0. The van der Waals surface area contributed by atoms with Crippen molar-refractivity contribution in [2.45, 2.75) is 44.6 Å². The van der Waals surface area contributed by atoms with E-state index in [1.165, 1.54) is 7.11 Å². The van der Waals surface area contributed by atoms with Gasteiger partial charge in [-0.2, -0.15) is 5.10 Å². The summed E-state index contributed by atoms with van der Waals surface area (Å²) in [7, 11) is 4.91. The number of rotatable bonds is 6. The van der Waals surface area contributed by atoms with Crippen LogP contribution in [0.1, 0.15) is 44.6 Å². The quantitative estimate of drug-likeness (QED) is 0.330. The van der Waals surface area contributed by atoms with Crippen LogP contribution in [0.2, 0.25) is 0 Å². The van der Waals surface area contributed by atoms with E-state index in [0.29, 0.717) is 5.82 Å². The Morgan fingerprint density at radius 1 is 0.975 bits per heavy atom. The minimum absolute atomic E-state index is 0.00880. The van der Waals surface area contributed by atoms with Crippen LogP contribution < -0.4 is 22.1 Å². The number of hydrogen-bond donors (Lipinski definition) is 3. The number of carbonyl (C=O) groups excluding carboxylic acids is 2. The molecule has 0 unspecified atom stereocenters. The number of carbonyl (C=O) groups is 2. The van der Waals surface area contributed by atoms with Gasteiger partial charge in [0.05, 0.1) is 30.5 Å². The van der Waals surface area contributed by atoms with E-state index in [9.17, 15) is 14.4 Å². The summed E-state index contributed by atoms with van der Waals surface area (Å²) in [4.78, 5) is 39.4. The lowest BCUT2D eigenvalue weighted by Gasteiger charge is -2.13. The Labute approximate surface area is 231 Å². The van der Waals surface area contributed by atoms with Gasteiger partial charge in [0.15, 0.2) is 0 Å². The molecule has 0 saturated heterocycles. The van der Waals surface area contributed by atoms with E-state index in [1.807, 2.05) is 42.1 Å². The van der Waals surface area contributed by atoms with Gasteiger partial charge in [-0.3, -0.25) is 18.6 Å². The van der Waals surface area contributed by atoms with Gasteiger partial charge in [-0.15, -0.1) is 0 Å².